The van der Waals surface area contributed by atoms with Crippen molar-refractivity contribution in [2.24, 2.45) is 44.6 Å². The van der Waals surface area contributed by atoms with Crippen molar-refractivity contribution in [1.29, 1.82) is 0 Å². The minimum absolute atomic E-state index is 0.0425. The highest BCUT2D eigenvalue weighted by molar-refractivity contribution is 5.97. The molecule has 19 heteroatoms. The lowest BCUT2D eigenvalue weighted by molar-refractivity contribution is -0.142. The Morgan fingerprint density at radius 1 is 0.898 bits per heavy atom. The Labute approximate surface area is 286 Å². The van der Waals surface area contributed by atoms with Gasteiger partial charge < -0.3 is 60.2 Å². The van der Waals surface area contributed by atoms with Crippen LogP contribution in [0.15, 0.2) is 9.98 Å². The molecule has 0 aromatic rings. The number of guanidine groups is 2. The SMILES string of the molecule is CC(C)C[C@H](NC(=O)[C@H](CCCCN)NC(=O)C1CN=C(N)N1)C(=O)N[C@@H](CCCN=C(N)N)C(=O)N1CCC[C@H]1C(=O)N[C@@H](C)C(N)=O. The van der Waals surface area contributed by atoms with Gasteiger partial charge in [0.05, 0.1) is 6.54 Å². The Kier molecular flexibility index (Phi) is 16.5. The van der Waals surface area contributed by atoms with Crippen LogP contribution in [-0.2, 0) is 28.8 Å². The molecule has 2 aliphatic heterocycles. The van der Waals surface area contributed by atoms with E-state index in [1.54, 1.807) is 0 Å². The number of unbranched alkanes of at least 4 members (excludes halogenated alkanes) is 1. The van der Waals surface area contributed by atoms with Crippen LogP contribution < -0.4 is 55.3 Å². The van der Waals surface area contributed by atoms with Crippen LogP contribution >= 0.6 is 0 Å². The monoisotopic (exact) mass is 693 g/mol. The lowest BCUT2D eigenvalue weighted by Gasteiger charge is -2.31. The molecule has 276 valence electrons. The van der Waals surface area contributed by atoms with Crippen LogP contribution in [0.25, 0.3) is 0 Å². The first-order valence-corrected chi connectivity index (χ1v) is 16.8. The average Bonchev–Trinajstić information content (AvgIpc) is 3.70. The minimum atomic E-state index is -1.09. The van der Waals surface area contributed by atoms with E-state index in [1.165, 1.54) is 11.8 Å². The number of carbonyl (C=O) groups is 6. The quantitative estimate of drug-likeness (QED) is 0.0332. The maximum absolute atomic E-state index is 13.9. The zero-order chi connectivity index (χ0) is 36.7. The number of primary amides is 1. The number of nitrogens with two attached hydrogens (primary N) is 5. The van der Waals surface area contributed by atoms with Gasteiger partial charge in [0, 0.05) is 13.1 Å². The van der Waals surface area contributed by atoms with E-state index in [4.69, 9.17) is 28.7 Å². The molecule has 0 radical (unpaired) electrons. The fraction of sp³-hybridized carbons (Fsp3) is 0.733. The molecule has 49 heavy (non-hydrogen) atoms. The molecule has 2 heterocycles. The van der Waals surface area contributed by atoms with Crippen molar-refractivity contribution in [2.75, 3.05) is 26.2 Å². The number of hydrogen-bond acceptors (Lipinski definition) is 11. The van der Waals surface area contributed by atoms with Gasteiger partial charge in [-0.2, -0.15) is 0 Å². The van der Waals surface area contributed by atoms with Gasteiger partial charge in [-0.05, 0) is 70.8 Å². The Morgan fingerprint density at radius 2 is 1.55 bits per heavy atom. The van der Waals surface area contributed by atoms with Gasteiger partial charge >= 0.3 is 0 Å². The first-order valence-electron chi connectivity index (χ1n) is 16.8. The number of hydrogen-bond donors (Lipinski definition) is 10. The van der Waals surface area contributed by atoms with Crippen molar-refractivity contribution in [2.45, 2.75) is 108 Å². The number of nitrogens with one attached hydrogen (secondary N) is 5. The summed E-state index contributed by atoms with van der Waals surface area (Å²) in [5.74, 6) is -3.46. The molecule has 0 aromatic carbocycles. The topological polar surface area (TPSA) is 321 Å². The molecule has 2 aliphatic rings. The summed E-state index contributed by atoms with van der Waals surface area (Å²) in [6.07, 6.45) is 2.99. The summed E-state index contributed by atoms with van der Waals surface area (Å²) in [4.78, 5) is 88.1. The molecule has 0 saturated carbocycles. The molecule has 6 atom stereocenters. The smallest absolute Gasteiger partial charge is 0.245 e. The molecule has 2 rings (SSSR count). The highest BCUT2D eigenvalue weighted by atomic mass is 16.2. The minimum Gasteiger partial charge on any atom is -0.370 e. The molecule has 1 unspecified atom stereocenters. The second-order valence-electron chi connectivity index (χ2n) is 12.8. The van der Waals surface area contributed by atoms with Gasteiger partial charge in [-0.25, -0.2) is 0 Å². The molecule has 0 spiro atoms. The van der Waals surface area contributed by atoms with Gasteiger partial charge in [0.25, 0.3) is 0 Å². The van der Waals surface area contributed by atoms with Crippen molar-refractivity contribution < 1.29 is 28.8 Å². The van der Waals surface area contributed by atoms with Crippen LogP contribution in [0.3, 0.4) is 0 Å². The number of likely N-dealkylation sites (tertiary alicyclic amines) is 1. The molecular formula is C30H55N13O6. The molecule has 15 N–H and O–H groups in total. The number of nitrogens with zero attached hydrogens (tertiary/aromatic N) is 3. The van der Waals surface area contributed by atoms with Crippen LogP contribution in [0.4, 0.5) is 0 Å². The molecule has 6 amide bonds. The van der Waals surface area contributed by atoms with Crippen molar-refractivity contribution in [1.82, 2.24) is 31.5 Å². The molecule has 0 aliphatic carbocycles. The highest BCUT2D eigenvalue weighted by Gasteiger charge is 2.39. The summed E-state index contributed by atoms with van der Waals surface area (Å²) >= 11 is 0. The molecule has 0 aromatic heterocycles. The Bertz CT molecular complexity index is 1240. The summed E-state index contributed by atoms with van der Waals surface area (Å²) in [7, 11) is 0. The number of rotatable bonds is 20. The van der Waals surface area contributed by atoms with Gasteiger partial charge in [0.1, 0.15) is 36.3 Å². The maximum Gasteiger partial charge on any atom is 0.245 e. The van der Waals surface area contributed by atoms with Crippen molar-refractivity contribution in [3.05, 3.63) is 0 Å². The van der Waals surface area contributed by atoms with Gasteiger partial charge in [0.15, 0.2) is 11.9 Å². The molecule has 0 bridgehead atoms. The first kappa shape index (κ1) is 40.5. The number of amides is 6. The third kappa shape index (κ3) is 13.4. The van der Waals surface area contributed by atoms with E-state index in [1.807, 2.05) is 13.8 Å². The summed E-state index contributed by atoms with van der Waals surface area (Å²) < 4.78 is 0. The van der Waals surface area contributed by atoms with E-state index >= 15 is 0 Å². The standard InChI is InChI=1S/C30H55N13O6/c1-16(2)14-20(41-24(45)18(8-4-5-11-31)39-26(47)21-15-37-30(35)42-21)25(46)40-19(9-6-12-36-29(33)34)28(49)43-13-7-10-22(43)27(48)38-17(3)23(32)44/h16-22H,4-15,31H2,1-3H3,(H2,32,44)(H,38,48)(H,39,47)(H,40,46)(H,41,45)(H4,33,34,36)(H3,35,37,42)/t17-,18-,19-,20-,21?,22-/m0/s1. The average molecular weight is 694 g/mol. The third-order valence-electron chi connectivity index (χ3n) is 8.19. The predicted molar refractivity (Wildman–Crippen MR) is 183 cm³/mol. The van der Waals surface area contributed by atoms with Crippen LogP contribution in [0.2, 0.25) is 0 Å². The molecule has 1 saturated heterocycles. The van der Waals surface area contributed by atoms with Crippen LogP contribution in [0.1, 0.15) is 72.1 Å². The second-order valence-corrected chi connectivity index (χ2v) is 12.8. The van der Waals surface area contributed by atoms with E-state index in [0.29, 0.717) is 38.6 Å². The summed E-state index contributed by atoms with van der Waals surface area (Å²) in [6, 6.07) is -5.67. The van der Waals surface area contributed by atoms with Crippen molar-refractivity contribution >= 4 is 47.4 Å². The first-order chi connectivity index (χ1) is 23.1. The van der Waals surface area contributed by atoms with Gasteiger partial charge in [-0.15, -0.1) is 0 Å². The summed E-state index contributed by atoms with van der Waals surface area (Å²) in [5, 5.41) is 13.6. The summed E-state index contributed by atoms with van der Waals surface area (Å²) in [6.45, 7) is 6.16. The summed E-state index contributed by atoms with van der Waals surface area (Å²) in [5.41, 5.74) is 27.5. The second kappa shape index (κ2) is 20.0. The van der Waals surface area contributed by atoms with Crippen molar-refractivity contribution in [3.63, 3.8) is 0 Å². The normalized spacial score (nSPS) is 19.4. The molecule has 1 fully saturated rings. The zero-order valence-corrected chi connectivity index (χ0v) is 28.7. The predicted octanol–water partition coefficient (Wildman–Crippen LogP) is -4.06. The van der Waals surface area contributed by atoms with E-state index < -0.39 is 71.7 Å². The van der Waals surface area contributed by atoms with E-state index in [0.717, 1.165) is 0 Å². The largest absolute Gasteiger partial charge is 0.370 e. The van der Waals surface area contributed by atoms with Crippen molar-refractivity contribution in [3.8, 4) is 0 Å². The van der Waals surface area contributed by atoms with E-state index in [9.17, 15) is 28.8 Å². The molecule has 19 nitrogen and oxygen atoms in total. The highest BCUT2D eigenvalue weighted by Crippen LogP contribution is 2.20. The molecular weight excluding hydrogens is 638 g/mol. The van der Waals surface area contributed by atoms with E-state index in [-0.39, 0.29) is 56.7 Å². The Balaban J connectivity index is 2.26. The third-order valence-corrected chi connectivity index (χ3v) is 8.19. The maximum atomic E-state index is 13.9. The van der Waals surface area contributed by atoms with Gasteiger partial charge in [0.2, 0.25) is 35.4 Å². The number of carbonyl (C=O) groups excluding carboxylic acids is 6. The Morgan fingerprint density at radius 3 is 2.14 bits per heavy atom. The lowest BCUT2D eigenvalue weighted by atomic mass is 10.0. The van der Waals surface area contributed by atoms with E-state index in [2.05, 4.69) is 36.6 Å². The lowest BCUT2D eigenvalue weighted by Crippen LogP contribution is -2.59. The Hall–Kier alpha value is -4.68. The van der Waals surface area contributed by atoms with Crippen LogP contribution in [0.5, 0.6) is 0 Å². The van der Waals surface area contributed by atoms with Crippen LogP contribution in [0, 0.1) is 5.92 Å². The zero-order valence-electron chi connectivity index (χ0n) is 28.7. The van der Waals surface area contributed by atoms with Gasteiger partial charge in [-0.3, -0.25) is 38.8 Å². The fourth-order valence-electron chi connectivity index (χ4n) is 5.53. The number of aliphatic imine (C=N–C) groups is 2. The van der Waals surface area contributed by atoms with Gasteiger partial charge in [-0.1, -0.05) is 13.8 Å². The fourth-order valence-corrected chi connectivity index (χ4v) is 5.53. The van der Waals surface area contributed by atoms with Crippen LogP contribution in [-0.4, -0.2) is 115 Å².